The summed E-state index contributed by atoms with van der Waals surface area (Å²) >= 11 is 0. The van der Waals surface area contributed by atoms with Crippen LogP contribution in [0.3, 0.4) is 0 Å². The topological polar surface area (TPSA) is 74.6 Å². The van der Waals surface area contributed by atoms with Gasteiger partial charge in [-0.05, 0) is 43.9 Å². The lowest BCUT2D eigenvalue weighted by atomic mass is 10.0. The molecule has 150 valence electrons. The maximum Gasteiger partial charge on any atom is 0.154 e. The van der Waals surface area contributed by atoms with Crippen molar-refractivity contribution in [3.8, 4) is 11.3 Å². The molecular weight excluding hydrogens is 358 g/mol. The van der Waals surface area contributed by atoms with Gasteiger partial charge in [0.2, 0.25) is 0 Å². The molecule has 5 nitrogen and oxygen atoms in total. The van der Waals surface area contributed by atoms with E-state index in [-0.39, 0.29) is 0 Å². The molecule has 0 saturated carbocycles. The molecule has 29 heavy (non-hydrogen) atoms. The fraction of sp³-hybridized carbons (Fsp3) is 0.333. The number of nitrogens with zero attached hydrogens (tertiary/aromatic N) is 3. The van der Waals surface area contributed by atoms with Crippen LogP contribution in [0.2, 0.25) is 0 Å². The number of aryl methyl sites for hydroxylation is 2. The molecule has 0 bridgehead atoms. The van der Waals surface area contributed by atoms with Gasteiger partial charge in [0.15, 0.2) is 5.82 Å². The summed E-state index contributed by atoms with van der Waals surface area (Å²) in [6, 6.07) is 14.3. The number of hydrogen-bond acceptors (Lipinski definition) is 5. The van der Waals surface area contributed by atoms with Gasteiger partial charge in [0.1, 0.15) is 5.69 Å². The van der Waals surface area contributed by atoms with Gasteiger partial charge in [0.05, 0.1) is 17.1 Å². The molecule has 0 aliphatic heterocycles. The van der Waals surface area contributed by atoms with Gasteiger partial charge < -0.3 is 10.7 Å². The monoisotopic (exact) mass is 387 g/mol. The van der Waals surface area contributed by atoms with Crippen molar-refractivity contribution in [3.05, 3.63) is 70.8 Å². The van der Waals surface area contributed by atoms with Crippen LogP contribution in [-0.4, -0.2) is 20.7 Å². The highest BCUT2D eigenvalue weighted by atomic mass is 15.0. The number of hydrogen-bond donors (Lipinski definition) is 2. The van der Waals surface area contributed by atoms with Gasteiger partial charge in [-0.3, -0.25) is 4.98 Å². The van der Waals surface area contributed by atoms with Crippen LogP contribution in [0.5, 0.6) is 0 Å². The quantitative estimate of drug-likeness (QED) is 0.523. The third-order valence-electron chi connectivity index (χ3n) is 4.91. The average molecular weight is 388 g/mol. The standard InChI is InChI=1S/C24H29N5/c1-6-20-19(12-13-21(28-20)15(2)3)23-17(5)27-24(22(29-23)16(4)25)26-14-18-10-8-7-9-11-18/h7-13,15,25H,6,14H2,1-5H3,(H,26,27). The fourth-order valence-corrected chi connectivity index (χ4v) is 3.27. The van der Waals surface area contributed by atoms with E-state index in [0.29, 0.717) is 29.7 Å². The fourth-order valence-electron chi connectivity index (χ4n) is 3.27. The SMILES string of the molecule is CCc1nc(C(C)C)ccc1-c1nc(C(C)=N)c(NCc2ccccc2)nc1C. The van der Waals surface area contributed by atoms with E-state index in [9.17, 15) is 0 Å². The van der Waals surface area contributed by atoms with Crippen molar-refractivity contribution in [2.45, 2.75) is 53.5 Å². The minimum atomic E-state index is 0.380. The van der Waals surface area contributed by atoms with Crippen molar-refractivity contribution in [2.75, 3.05) is 5.32 Å². The van der Waals surface area contributed by atoms with E-state index in [1.807, 2.05) is 25.1 Å². The molecule has 0 atom stereocenters. The van der Waals surface area contributed by atoms with Crippen molar-refractivity contribution in [1.29, 1.82) is 5.41 Å². The Hall–Kier alpha value is -3.08. The van der Waals surface area contributed by atoms with Crippen molar-refractivity contribution >= 4 is 11.5 Å². The lowest BCUT2D eigenvalue weighted by molar-refractivity contribution is 0.807. The van der Waals surface area contributed by atoms with Crippen LogP contribution in [0.15, 0.2) is 42.5 Å². The first kappa shape index (κ1) is 20.6. The Morgan fingerprint density at radius 1 is 1.03 bits per heavy atom. The maximum atomic E-state index is 8.22. The van der Waals surface area contributed by atoms with E-state index >= 15 is 0 Å². The van der Waals surface area contributed by atoms with Crippen LogP contribution >= 0.6 is 0 Å². The molecule has 0 spiro atoms. The van der Waals surface area contributed by atoms with Gasteiger partial charge in [-0.1, -0.05) is 51.1 Å². The second-order valence-corrected chi connectivity index (χ2v) is 7.56. The Morgan fingerprint density at radius 3 is 2.38 bits per heavy atom. The molecule has 2 aromatic heterocycles. The predicted molar refractivity (Wildman–Crippen MR) is 120 cm³/mol. The highest BCUT2D eigenvalue weighted by Gasteiger charge is 2.17. The molecule has 0 aliphatic carbocycles. The van der Waals surface area contributed by atoms with E-state index in [4.69, 9.17) is 20.4 Å². The summed E-state index contributed by atoms with van der Waals surface area (Å²) in [5, 5.41) is 11.6. The third-order valence-corrected chi connectivity index (χ3v) is 4.91. The summed E-state index contributed by atoms with van der Waals surface area (Å²) in [5.41, 5.74) is 6.87. The molecule has 2 N–H and O–H groups in total. The Balaban J connectivity index is 2.01. The van der Waals surface area contributed by atoms with E-state index in [2.05, 4.69) is 50.4 Å². The molecule has 0 radical (unpaired) electrons. The molecular formula is C24H29N5. The first-order chi connectivity index (χ1) is 13.9. The van der Waals surface area contributed by atoms with E-state index in [1.54, 1.807) is 6.92 Å². The minimum Gasteiger partial charge on any atom is -0.364 e. The second-order valence-electron chi connectivity index (χ2n) is 7.56. The number of pyridine rings is 1. The van der Waals surface area contributed by atoms with Crippen LogP contribution < -0.4 is 5.32 Å². The molecule has 5 heteroatoms. The van der Waals surface area contributed by atoms with Gasteiger partial charge >= 0.3 is 0 Å². The van der Waals surface area contributed by atoms with Crippen LogP contribution in [0.1, 0.15) is 62.0 Å². The highest BCUT2D eigenvalue weighted by Crippen LogP contribution is 2.28. The summed E-state index contributed by atoms with van der Waals surface area (Å²) < 4.78 is 0. The van der Waals surface area contributed by atoms with Crippen LogP contribution in [0, 0.1) is 12.3 Å². The number of rotatable bonds is 7. The molecule has 0 aliphatic rings. The summed E-state index contributed by atoms with van der Waals surface area (Å²) in [6.45, 7) is 10.8. The normalized spacial score (nSPS) is 11.0. The Kier molecular flexibility index (Phi) is 6.37. The zero-order valence-electron chi connectivity index (χ0n) is 17.9. The molecule has 1 aromatic carbocycles. The summed E-state index contributed by atoms with van der Waals surface area (Å²) in [7, 11) is 0. The largest absolute Gasteiger partial charge is 0.364 e. The number of anilines is 1. The number of benzene rings is 1. The average Bonchev–Trinajstić information content (AvgIpc) is 2.72. The summed E-state index contributed by atoms with van der Waals surface area (Å²) in [6.07, 6.45) is 0.823. The highest BCUT2D eigenvalue weighted by molar-refractivity contribution is 5.99. The molecule has 3 aromatic rings. The third kappa shape index (κ3) is 4.67. The maximum absolute atomic E-state index is 8.22. The van der Waals surface area contributed by atoms with Gasteiger partial charge in [0.25, 0.3) is 0 Å². The molecule has 3 rings (SSSR count). The zero-order chi connectivity index (χ0) is 21.0. The number of nitrogens with one attached hydrogen (secondary N) is 2. The molecule has 0 unspecified atom stereocenters. The second kappa shape index (κ2) is 8.95. The van der Waals surface area contributed by atoms with E-state index < -0.39 is 0 Å². The van der Waals surface area contributed by atoms with Crippen molar-refractivity contribution in [1.82, 2.24) is 15.0 Å². The van der Waals surface area contributed by atoms with E-state index in [0.717, 1.165) is 40.3 Å². The molecule has 0 fully saturated rings. The Labute approximate surface area is 173 Å². The van der Waals surface area contributed by atoms with Gasteiger partial charge in [-0.15, -0.1) is 0 Å². The Bertz CT molecular complexity index is 1010. The Morgan fingerprint density at radius 2 is 1.76 bits per heavy atom. The van der Waals surface area contributed by atoms with Crippen LogP contribution in [0.4, 0.5) is 5.82 Å². The van der Waals surface area contributed by atoms with Crippen LogP contribution in [-0.2, 0) is 13.0 Å². The van der Waals surface area contributed by atoms with Crippen molar-refractivity contribution < 1.29 is 0 Å². The number of aromatic nitrogens is 3. The minimum absolute atomic E-state index is 0.380. The van der Waals surface area contributed by atoms with Crippen molar-refractivity contribution in [2.24, 2.45) is 0 Å². The molecule has 2 heterocycles. The summed E-state index contributed by atoms with van der Waals surface area (Å²) in [5.74, 6) is 1.03. The van der Waals surface area contributed by atoms with Gasteiger partial charge in [0, 0.05) is 23.5 Å². The first-order valence-corrected chi connectivity index (χ1v) is 10.1. The van der Waals surface area contributed by atoms with Gasteiger partial charge in [-0.25, -0.2) is 9.97 Å². The van der Waals surface area contributed by atoms with Crippen molar-refractivity contribution in [3.63, 3.8) is 0 Å². The van der Waals surface area contributed by atoms with Gasteiger partial charge in [-0.2, -0.15) is 0 Å². The lowest BCUT2D eigenvalue weighted by Gasteiger charge is -2.16. The summed E-state index contributed by atoms with van der Waals surface area (Å²) in [4.78, 5) is 14.5. The smallest absolute Gasteiger partial charge is 0.154 e. The molecule has 0 amide bonds. The van der Waals surface area contributed by atoms with Crippen LogP contribution in [0.25, 0.3) is 11.3 Å². The zero-order valence-corrected chi connectivity index (χ0v) is 17.9. The lowest BCUT2D eigenvalue weighted by Crippen LogP contribution is -2.12. The van der Waals surface area contributed by atoms with E-state index in [1.165, 1.54) is 0 Å². The molecule has 0 saturated heterocycles. The first-order valence-electron chi connectivity index (χ1n) is 10.1. The predicted octanol–water partition coefficient (Wildman–Crippen LogP) is 5.53.